The van der Waals surface area contributed by atoms with Gasteiger partial charge in [0.1, 0.15) is 12.4 Å². The van der Waals surface area contributed by atoms with Crippen LogP contribution in [0.3, 0.4) is 0 Å². The van der Waals surface area contributed by atoms with E-state index in [0.29, 0.717) is 13.2 Å². The number of anilines is 1. The number of nitrogens with one attached hydrogen (secondary N) is 1. The second kappa shape index (κ2) is 9.35. The first-order chi connectivity index (χ1) is 11.6. The molecule has 126 valence electrons. The van der Waals surface area contributed by atoms with Crippen molar-refractivity contribution in [2.45, 2.75) is 20.3 Å². The summed E-state index contributed by atoms with van der Waals surface area (Å²) in [4.78, 5) is 16.3. The summed E-state index contributed by atoms with van der Waals surface area (Å²) >= 11 is 0. The number of amides is 1. The van der Waals surface area contributed by atoms with Gasteiger partial charge >= 0.3 is 0 Å². The average Bonchev–Trinajstić information content (AvgIpc) is 2.59. The van der Waals surface area contributed by atoms with Crippen LogP contribution in [-0.2, 0) is 9.63 Å². The number of hydrogen-bond acceptors (Lipinski definition) is 4. The lowest BCUT2D eigenvalue weighted by atomic mass is 10.1. The van der Waals surface area contributed by atoms with Crippen LogP contribution in [0.2, 0.25) is 0 Å². The SMILES string of the molecule is CC(=O)Nc1ccc(/C(C)=N/OCCCOc2ccccc2)cc1. The zero-order chi connectivity index (χ0) is 17.2. The van der Waals surface area contributed by atoms with E-state index in [2.05, 4.69) is 10.5 Å². The van der Waals surface area contributed by atoms with E-state index >= 15 is 0 Å². The van der Waals surface area contributed by atoms with Gasteiger partial charge in [-0.25, -0.2) is 0 Å². The van der Waals surface area contributed by atoms with Crippen LogP contribution in [0.5, 0.6) is 5.75 Å². The molecule has 24 heavy (non-hydrogen) atoms. The van der Waals surface area contributed by atoms with Crippen LogP contribution >= 0.6 is 0 Å². The summed E-state index contributed by atoms with van der Waals surface area (Å²) in [6, 6.07) is 17.1. The zero-order valence-electron chi connectivity index (χ0n) is 14.0. The highest BCUT2D eigenvalue weighted by Crippen LogP contribution is 2.11. The van der Waals surface area contributed by atoms with E-state index in [1.54, 1.807) is 0 Å². The topological polar surface area (TPSA) is 59.9 Å². The highest BCUT2D eigenvalue weighted by molar-refractivity contribution is 5.99. The Labute approximate surface area is 142 Å². The van der Waals surface area contributed by atoms with E-state index in [9.17, 15) is 4.79 Å². The van der Waals surface area contributed by atoms with Crippen molar-refractivity contribution in [2.75, 3.05) is 18.5 Å². The molecule has 0 aromatic heterocycles. The number of nitrogens with zero attached hydrogens (tertiary/aromatic N) is 1. The van der Waals surface area contributed by atoms with Crippen molar-refractivity contribution in [1.82, 2.24) is 0 Å². The third-order valence-electron chi connectivity index (χ3n) is 3.22. The first-order valence-corrected chi connectivity index (χ1v) is 7.87. The average molecular weight is 326 g/mol. The summed E-state index contributed by atoms with van der Waals surface area (Å²) in [5.74, 6) is 0.769. The maximum atomic E-state index is 11.0. The Hall–Kier alpha value is -2.82. The van der Waals surface area contributed by atoms with Gasteiger partial charge in [0.15, 0.2) is 0 Å². The van der Waals surface area contributed by atoms with Gasteiger partial charge in [0.25, 0.3) is 0 Å². The molecule has 0 unspecified atom stereocenters. The van der Waals surface area contributed by atoms with Gasteiger partial charge in [0.2, 0.25) is 5.91 Å². The molecular weight excluding hydrogens is 304 g/mol. The Bertz CT molecular complexity index is 667. The monoisotopic (exact) mass is 326 g/mol. The van der Waals surface area contributed by atoms with Crippen LogP contribution in [0, 0.1) is 0 Å². The molecule has 0 aliphatic carbocycles. The fourth-order valence-corrected chi connectivity index (χ4v) is 2.02. The summed E-state index contributed by atoms with van der Waals surface area (Å²) in [5.41, 5.74) is 2.50. The molecular formula is C19H22N2O3. The van der Waals surface area contributed by atoms with Gasteiger partial charge in [0, 0.05) is 19.0 Å². The molecule has 0 aliphatic rings. The van der Waals surface area contributed by atoms with Crippen LogP contribution in [0.4, 0.5) is 5.69 Å². The molecule has 0 radical (unpaired) electrons. The third-order valence-corrected chi connectivity index (χ3v) is 3.22. The molecule has 1 amide bonds. The predicted molar refractivity (Wildman–Crippen MR) is 95.5 cm³/mol. The van der Waals surface area contributed by atoms with Gasteiger partial charge in [-0.05, 0) is 36.8 Å². The molecule has 0 fully saturated rings. The minimum atomic E-state index is -0.0887. The van der Waals surface area contributed by atoms with Gasteiger partial charge in [-0.2, -0.15) is 0 Å². The minimum absolute atomic E-state index is 0.0887. The van der Waals surface area contributed by atoms with Crippen molar-refractivity contribution in [3.8, 4) is 5.75 Å². The smallest absolute Gasteiger partial charge is 0.221 e. The number of hydrogen-bond donors (Lipinski definition) is 1. The lowest BCUT2D eigenvalue weighted by molar-refractivity contribution is -0.114. The number of rotatable bonds is 8. The quantitative estimate of drug-likeness (QED) is 0.455. The van der Waals surface area contributed by atoms with Gasteiger partial charge in [-0.15, -0.1) is 0 Å². The fourth-order valence-electron chi connectivity index (χ4n) is 2.02. The second-order valence-electron chi connectivity index (χ2n) is 5.28. The number of carbonyl (C=O) groups is 1. The Morgan fingerprint density at radius 3 is 2.38 bits per heavy atom. The van der Waals surface area contributed by atoms with E-state index in [4.69, 9.17) is 9.57 Å². The number of oxime groups is 1. The molecule has 0 spiro atoms. The lowest BCUT2D eigenvalue weighted by Gasteiger charge is -2.06. The second-order valence-corrected chi connectivity index (χ2v) is 5.28. The normalized spacial score (nSPS) is 11.0. The maximum absolute atomic E-state index is 11.0. The van der Waals surface area contributed by atoms with Crippen molar-refractivity contribution < 1.29 is 14.4 Å². The third kappa shape index (κ3) is 6.12. The molecule has 0 saturated heterocycles. The molecule has 5 nitrogen and oxygen atoms in total. The molecule has 0 heterocycles. The summed E-state index contributed by atoms with van der Waals surface area (Å²) in [6.45, 7) is 4.45. The van der Waals surface area contributed by atoms with E-state index < -0.39 is 0 Å². The molecule has 5 heteroatoms. The van der Waals surface area contributed by atoms with Gasteiger partial charge in [-0.3, -0.25) is 4.79 Å². The van der Waals surface area contributed by atoms with Crippen LogP contribution in [0.15, 0.2) is 59.8 Å². The Kier molecular flexibility index (Phi) is 6.83. The first kappa shape index (κ1) is 17.5. The van der Waals surface area contributed by atoms with Crippen molar-refractivity contribution in [3.63, 3.8) is 0 Å². The van der Waals surface area contributed by atoms with Crippen LogP contribution < -0.4 is 10.1 Å². The van der Waals surface area contributed by atoms with E-state index in [-0.39, 0.29) is 5.91 Å². The van der Waals surface area contributed by atoms with E-state index in [1.807, 2.05) is 61.5 Å². The molecule has 2 aromatic carbocycles. The standard InChI is InChI=1S/C19H22N2O3/c1-15(17-9-11-18(12-10-17)20-16(2)22)21-24-14-6-13-23-19-7-4-3-5-8-19/h3-5,7-12H,6,13-14H2,1-2H3,(H,20,22)/b21-15+. The van der Waals surface area contributed by atoms with Crippen molar-refractivity contribution in [1.29, 1.82) is 0 Å². The van der Waals surface area contributed by atoms with Crippen molar-refractivity contribution >= 4 is 17.3 Å². The van der Waals surface area contributed by atoms with E-state index in [1.165, 1.54) is 6.92 Å². The molecule has 1 N–H and O–H groups in total. The number of para-hydroxylation sites is 1. The Morgan fingerprint density at radius 2 is 1.71 bits per heavy atom. The van der Waals surface area contributed by atoms with Crippen LogP contribution in [-0.4, -0.2) is 24.8 Å². The minimum Gasteiger partial charge on any atom is -0.493 e. The molecule has 0 atom stereocenters. The predicted octanol–water partition coefficient (Wildman–Crippen LogP) is 3.85. The Morgan fingerprint density at radius 1 is 1.00 bits per heavy atom. The summed E-state index contributed by atoms with van der Waals surface area (Å²) in [6.07, 6.45) is 0.757. The van der Waals surface area contributed by atoms with Gasteiger partial charge in [0.05, 0.1) is 12.3 Å². The highest BCUT2D eigenvalue weighted by Gasteiger charge is 2.00. The van der Waals surface area contributed by atoms with Gasteiger partial charge < -0.3 is 14.9 Å². The number of ether oxygens (including phenoxy) is 1. The van der Waals surface area contributed by atoms with Crippen molar-refractivity contribution in [2.24, 2.45) is 5.16 Å². The number of carbonyl (C=O) groups excluding carboxylic acids is 1. The summed E-state index contributed by atoms with van der Waals surface area (Å²) < 4.78 is 5.58. The zero-order valence-corrected chi connectivity index (χ0v) is 14.0. The highest BCUT2D eigenvalue weighted by atomic mass is 16.6. The lowest BCUT2D eigenvalue weighted by Crippen LogP contribution is -2.06. The molecule has 0 bridgehead atoms. The summed E-state index contributed by atoms with van der Waals surface area (Å²) in [5, 5.41) is 6.83. The molecule has 2 rings (SSSR count). The van der Waals surface area contributed by atoms with Crippen LogP contribution in [0.25, 0.3) is 0 Å². The largest absolute Gasteiger partial charge is 0.493 e. The first-order valence-electron chi connectivity index (χ1n) is 7.87. The fraction of sp³-hybridized carbons (Fsp3) is 0.263. The summed E-state index contributed by atoms with van der Waals surface area (Å²) in [7, 11) is 0. The van der Waals surface area contributed by atoms with Crippen molar-refractivity contribution in [3.05, 3.63) is 60.2 Å². The Balaban J connectivity index is 1.70. The molecule has 0 aliphatic heterocycles. The molecule has 0 saturated carbocycles. The maximum Gasteiger partial charge on any atom is 0.221 e. The van der Waals surface area contributed by atoms with E-state index in [0.717, 1.165) is 29.1 Å². The van der Waals surface area contributed by atoms with Gasteiger partial charge in [-0.1, -0.05) is 35.5 Å². The number of benzene rings is 2. The van der Waals surface area contributed by atoms with Crippen LogP contribution in [0.1, 0.15) is 25.8 Å². The molecule has 2 aromatic rings.